The summed E-state index contributed by atoms with van der Waals surface area (Å²) in [6, 6.07) is 3.76. The lowest BCUT2D eigenvalue weighted by Gasteiger charge is -2.31. The van der Waals surface area contributed by atoms with E-state index < -0.39 is 0 Å². The molecule has 0 amide bonds. The molecule has 1 heterocycles. The highest BCUT2D eigenvalue weighted by molar-refractivity contribution is 6.07. The van der Waals surface area contributed by atoms with Crippen molar-refractivity contribution in [1.29, 1.82) is 0 Å². The van der Waals surface area contributed by atoms with Crippen LogP contribution in [0, 0.1) is 16.7 Å². The van der Waals surface area contributed by atoms with Crippen LogP contribution in [0.2, 0.25) is 0 Å². The number of carbonyl (C=O) groups excluding carboxylic acids is 1. The van der Waals surface area contributed by atoms with Crippen LogP contribution in [-0.2, 0) is 4.79 Å². The van der Waals surface area contributed by atoms with Crippen molar-refractivity contribution in [3.63, 3.8) is 0 Å². The minimum atomic E-state index is -0.171. The Bertz CT molecular complexity index is 493. The Morgan fingerprint density at radius 1 is 1.41 bits per heavy atom. The highest BCUT2D eigenvalue weighted by atomic mass is 16.3. The monoisotopic (exact) mass is 230 g/mol. The van der Waals surface area contributed by atoms with Gasteiger partial charge in [-0.25, -0.2) is 0 Å². The van der Waals surface area contributed by atoms with E-state index in [2.05, 4.69) is 20.8 Å². The van der Waals surface area contributed by atoms with Crippen molar-refractivity contribution < 1.29 is 9.21 Å². The molecule has 1 aromatic rings. The van der Waals surface area contributed by atoms with E-state index in [1.165, 1.54) is 0 Å². The number of hydrogen-bond donors (Lipinski definition) is 0. The number of fused-ring (bicyclic) bond motifs is 2. The van der Waals surface area contributed by atoms with Gasteiger partial charge in [-0.2, -0.15) is 0 Å². The quantitative estimate of drug-likeness (QED) is 0.689. The maximum absolute atomic E-state index is 12.5. The van der Waals surface area contributed by atoms with E-state index in [0.29, 0.717) is 11.7 Å². The first-order chi connectivity index (χ1) is 7.97. The van der Waals surface area contributed by atoms with E-state index in [0.717, 1.165) is 24.2 Å². The minimum absolute atomic E-state index is 0.0858. The zero-order valence-corrected chi connectivity index (χ0v) is 10.6. The van der Waals surface area contributed by atoms with Gasteiger partial charge in [-0.15, -0.1) is 0 Å². The first kappa shape index (κ1) is 10.8. The topological polar surface area (TPSA) is 30.2 Å². The molecule has 0 spiro atoms. The lowest BCUT2D eigenvalue weighted by Crippen LogP contribution is -2.32. The van der Waals surface area contributed by atoms with Gasteiger partial charge in [0.05, 0.1) is 6.26 Å². The summed E-state index contributed by atoms with van der Waals surface area (Å²) in [6.07, 6.45) is 5.75. The molecule has 2 nitrogen and oxygen atoms in total. The summed E-state index contributed by atoms with van der Waals surface area (Å²) in [4.78, 5) is 12.5. The van der Waals surface area contributed by atoms with Crippen molar-refractivity contribution in [1.82, 2.24) is 0 Å². The second-order valence-electron chi connectivity index (χ2n) is 6.09. The normalized spacial score (nSPS) is 37.0. The summed E-state index contributed by atoms with van der Waals surface area (Å²) in [6.45, 7) is 6.58. The number of allylic oxidation sites excluding steroid dienone is 1. The molecule has 1 aromatic heterocycles. The van der Waals surface area contributed by atoms with Crippen LogP contribution in [0.5, 0.6) is 0 Å². The predicted octanol–water partition coefficient (Wildman–Crippen LogP) is 3.69. The Morgan fingerprint density at radius 3 is 2.71 bits per heavy atom. The fraction of sp³-hybridized carbons (Fsp3) is 0.533. The van der Waals surface area contributed by atoms with Crippen LogP contribution in [0.15, 0.2) is 28.4 Å². The summed E-state index contributed by atoms with van der Waals surface area (Å²) in [5.74, 6) is 1.51. The van der Waals surface area contributed by atoms with E-state index >= 15 is 0 Å². The molecule has 2 aliphatic carbocycles. The Hall–Kier alpha value is -1.31. The lowest BCUT2D eigenvalue weighted by atomic mass is 9.70. The minimum Gasteiger partial charge on any atom is -0.465 e. The van der Waals surface area contributed by atoms with Crippen molar-refractivity contribution in [3.8, 4) is 0 Å². The summed E-state index contributed by atoms with van der Waals surface area (Å²) in [7, 11) is 0. The van der Waals surface area contributed by atoms with Gasteiger partial charge in [-0.3, -0.25) is 4.79 Å². The van der Waals surface area contributed by atoms with Gasteiger partial charge >= 0.3 is 0 Å². The molecule has 0 radical (unpaired) electrons. The average molecular weight is 230 g/mol. The molecule has 2 fully saturated rings. The van der Waals surface area contributed by atoms with E-state index in [1.54, 1.807) is 6.26 Å². The van der Waals surface area contributed by atoms with Gasteiger partial charge in [0.1, 0.15) is 5.76 Å². The van der Waals surface area contributed by atoms with Gasteiger partial charge in [0, 0.05) is 11.0 Å². The van der Waals surface area contributed by atoms with Gasteiger partial charge in [0.25, 0.3) is 0 Å². The Balaban J connectivity index is 2.08. The van der Waals surface area contributed by atoms with Gasteiger partial charge in [-0.05, 0) is 42.4 Å². The Labute approximate surface area is 102 Å². The molecular weight excluding hydrogens is 212 g/mol. The second kappa shape index (κ2) is 3.12. The van der Waals surface area contributed by atoms with Crippen molar-refractivity contribution in [2.75, 3.05) is 0 Å². The first-order valence-corrected chi connectivity index (χ1v) is 6.27. The smallest absolute Gasteiger partial charge is 0.165 e. The van der Waals surface area contributed by atoms with Crippen molar-refractivity contribution in [2.45, 2.75) is 33.6 Å². The molecule has 90 valence electrons. The molecule has 2 aliphatic rings. The molecular formula is C15H18O2. The molecule has 0 N–H and O–H groups in total. The van der Waals surface area contributed by atoms with Crippen LogP contribution in [0.3, 0.4) is 0 Å². The fourth-order valence-corrected chi connectivity index (χ4v) is 3.62. The number of carbonyl (C=O) groups is 1. The molecule has 2 saturated carbocycles. The standard InChI is InChI=1S/C15H18O2/c1-14(2)12-6-7-15(14,3)13(16)11(12)9-10-5-4-8-17-10/h4-5,8-9,12H,6-7H2,1-3H3/b11-9-/t12-,15+/m1/s1. The molecule has 3 rings (SSSR count). The first-order valence-electron chi connectivity index (χ1n) is 6.27. The maximum atomic E-state index is 12.5. The summed E-state index contributed by atoms with van der Waals surface area (Å²) in [5, 5.41) is 0. The van der Waals surface area contributed by atoms with Crippen molar-refractivity contribution in [2.24, 2.45) is 16.7 Å². The maximum Gasteiger partial charge on any atom is 0.165 e. The van der Waals surface area contributed by atoms with Crippen molar-refractivity contribution in [3.05, 3.63) is 29.7 Å². The molecule has 2 atom stereocenters. The number of ketones is 1. The Morgan fingerprint density at radius 2 is 2.18 bits per heavy atom. The second-order valence-corrected chi connectivity index (χ2v) is 6.09. The Kier molecular flexibility index (Phi) is 1.99. The average Bonchev–Trinajstić information content (AvgIpc) is 2.87. The summed E-state index contributed by atoms with van der Waals surface area (Å²) in [5.41, 5.74) is 0.886. The van der Waals surface area contributed by atoms with Crippen LogP contribution < -0.4 is 0 Å². The van der Waals surface area contributed by atoms with Crippen LogP contribution in [0.1, 0.15) is 39.4 Å². The van der Waals surface area contributed by atoms with E-state index in [9.17, 15) is 4.79 Å². The van der Waals surface area contributed by atoms with Crippen LogP contribution >= 0.6 is 0 Å². The van der Waals surface area contributed by atoms with E-state index in [1.807, 2.05) is 18.2 Å². The molecule has 0 unspecified atom stereocenters. The third kappa shape index (κ3) is 1.18. The summed E-state index contributed by atoms with van der Waals surface area (Å²) < 4.78 is 5.32. The molecule has 0 aliphatic heterocycles. The molecule has 0 saturated heterocycles. The molecule has 17 heavy (non-hydrogen) atoms. The van der Waals surface area contributed by atoms with Gasteiger partial charge in [-0.1, -0.05) is 20.8 Å². The van der Waals surface area contributed by atoms with Crippen LogP contribution in [0.4, 0.5) is 0 Å². The lowest BCUT2D eigenvalue weighted by molar-refractivity contribution is -0.125. The zero-order chi connectivity index (χ0) is 12.3. The molecule has 0 aromatic carbocycles. The highest BCUT2D eigenvalue weighted by Crippen LogP contribution is 2.65. The van der Waals surface area contributed by atoms with E-state index in [-0.39, 0.29) is 10.8 Å². The van der Waals surface area contributed by atoms with Gasteiger partial charge in [0.15, 0.2) is 5.78 Å². The van der Waals surface area contributed by atoms with Gasteiger partial charge < -0.3 is 4.42 Å². The van der Waals surface area contributed by atoms with E-state index in [4.69, 9.17) is 4.42 Å². The van der Waals surface area contributed by atoms with Crippen LogP contribution in [0.25, 0.3) is 6.08 Å². The number of hydrogen-bond acceptors (Lipinski definition) is 2. The third-order valence-corrected chi connectivity index (χ3v) is 5.21. The number of Topliss-reactive ketones (excluding diaryl/α,β-unsaturated/α-hetero) is 1. The largest absolute Gasteiger partial charge is 0.465 e. The zero-order valence-electron chi connectivity index (χ0n) is 10.6. The summed E-state index contributed by atoms with van der Waals surface area (Å²) >= 11 is 0. The molecule has 2 heteroatoms. The van der Waals surface area contributed by atoms with Crippen molar-refractivity contribution >= 4 is 11.9 Å². The van der Waals surface area contributed by atoms with Crippen LogP contribution in [-0.4, -0.2) is 5.78 Å². The fourth-order valence-electron chi connectivity index (χ4n) is 3.62. The third-order valence-electron chi connectivity index (χ3n) is 5.21. The molecule has 2 bridgehead atoms. The highest BCUT2D eigenvalue weighted by Gasteiger charge is 2.63. The number of rotatable bonds is 1. The van der Waals surface area contributed by atoms with Gasteiger partial charge in [0.2, 0.25) is 0 Å². The number of furan rings is 1. The predicted molar refractivity (Wildman–Crippen MR) is 66.3 cm³/mol. The SMILES string of the molecule is CC1(C)[C@@H]2CC[C@@]1(C)C(=O)/C2=C\c1ccco1.